The van der Waals surface area contributed by atoms with Crippen molar-refractivity contribution in [2.45, 2.75) is 38.4 Å². The molecule has 18 heavy (non-hydrogen) atoms. The molecule has 0 spiro atoms. The molecule has 4 nitrogen and oxygen atoms in total. The SMILES string of the molecule is CC(C)(C)OC(CC=O)(C(=O)O)c1ccccc1. The Balaban J connectivity index is 3.30. The number of rotatable bonds is 5. The molecule has 1 N–H and O–H groups in total. The van der Waals surface area contributed by atoms with Crippen LogP contribution in [0.5, 0.6) is 0 Å². The van der Waals surface area contributed by atoms with E-state index in [0.29, 0.717) is 11.8 Å². The molecular weight excluding hydrogens is 232 g/mol. The minimum Gasteiger partial charge on any atom is -0.479 e. The zero-order valence-electron chi connectivity index (χ0n) is 10.8. The molecule has 0 aliphatic rings. The van der Waals surface area contributed by atoms with Gasteiger partial charge in [-0.05, 0) is 26.3 Å². The van der Waals surface area contributed by atoms with Gasteiger partial charge in [-0.15, -0.1) is 0 Å². The van der Waals surface area contributed by atoms with Gasteiger partial charge >= 0.3 is 5.97 Å². The largest absolute Gasteiger partial charge is 0.479 e. The third-order valence-electron chi connectivity index (χ3n) is 2.44. The highest BCUT2D eigenvalue weighted by atomic mass is 16.5. The van der Waals surface area contributed by atoms with Gasteiger partial charge in [0, 0.05) is 6.42 Å². The quantitative estimate of drug-likeness (QED) is 0.815. The van der Waals surface area contributed by atoms with Gasteiger partial charge in [0.1, 0.15) is 6.29 Å². The van der Waals surface area contributed by atoms with E-state index in [2.05, 4.69) is 0 Å². The molecule has 1 aromatic rings. The Labute approximate surface area is 107 Å². The molecule has 4 heteroatoms. The van der Waals surface area contributed by atoms with Crippen LogP contribution < -0.4 is 0 Å². The Bertz CT molecular complexity index is 419. The number of carboxylic acids is 1. The van der Waals surface area contributed by atoms with Crippen LogP contribution in [0, 0.1) is 0 Å². The highest BCUT2D eigenvalue weighted by molar-refractivity contribution is 5.82. The molecule has 0 aromatic heterocycles. The van der Waals surface area contributed by atoms with Crippen LogP contribution in [0.15, 0.2) is 30.3 Å². The molecule has 0 radical (unpaired) electrons. The molecule has 0 heterocycles. The van der Waals surface area contributed by atoms with Crippen molar-refractivity contribution in [2.24, 2.45) is 0 Å². The zero-order chi connectivity index (χ0) is 13.8. The minimum atomic E-state index is -1.62. The maximum Gasteiger partial charge on any atom is 0.341 e. The Kier molecular flexibility index (Phi) is 4.24. The second kappa shape index (κ2) is 5.31. The second-order valence-corrected chi connectivity index (χ2v) is 5.08. The lowest BCUT2D eigenvalue weighted by molar-refractivity contribution is -0.189. The fourth-order valence-corrected chi connectivity index (χ4v) is 1.82. The van der Waals surface area contributed by atoms with Gasteiger partial charge in [-0.1, -0.05) is 30.3 Å². The minimum absolute atomic E-state index is 0.219. The van der Waals surface area contributed by atoms with E-state index in [0.717, 1.165) is 0 Å². The number of aliphatic carboxylic acids is 1. The zero-order valence-corrected chi connectivity index (χ0v) is 10.8. The van der Waals surface area contributed by atoms with Crippen molar-refractivity contribution >= 4 is 12.3 Å². The van der Waals surface area contributed by atoms with Crippen LogP contribution in [0.1, 0.15) is 32.8 Å². The predicted octanol–water partition coefficient (Wildman–Crippen LogP) is 2.37. The normalized spacial score (nSPS) is 14.8. The Morgan fingerprint density at radius 2 is 1.83 bits per heavy atom. The van der Waals surface area contributed by atoms with E-state index >= 15 is 0 Å². The number of aldehydes is 1. The summed E-state index contributed by atoms with van der Waals surface area (Å²) >= 11 is 0. The van der Waals surface area contributed by atoms with Gasteiger partial charge in [-0.3, -0.25) is 0 Å². The summed E-state index contributed by atoms with van der Waals surface area (Å²) in [5.41, 5.74) is -1.82. The summed E-state index contributed by atoms with van der Waals surface area (Å²) < 4.78 is 5.68. The number of hydrogen-bond acceptors (Lipinski definition) is 3. The fourth-order valence-electron chi connectivity index (χ4n) is 1.82. The van der Waals surface area contributed by atoms with Crippen LogP contribution in [0.25, 0.3) is 0 Å². The van der Waals surface area contributed by atoms with Crippen molar-refractivity contribution in [3.8, 4) is 0 Å². The Morgan fingerprint density at radius 1 is 1.28 bits per heavy atom. The van der Waals surface area contributed by atoms with E-state index in [1.807, 2.05) is 0 Å². The summed E-state index contributed by atoms with van der Waals surface area (Å²) in [5, 5.41) is 9.49. The molecule has 0 bridgehead atoms. The number of carboxylic acid groups (broad SMARTS) is 1. The van der Waals surface area contributed by atoms with E-state index in [9.17, 15) is 14.7 Å². The average molecular weight is 250 g/mol. The highest BCUT2D eigenvalue weighted by Gasteiger charge is 2.44. The van der Waals surface area contributed by atoms with Gasteiger partial charge in [0.25, 0.3) is 0 Å². The van der Waals surface area contributed by atoms with Crippen LogP contribution in [-0.4, -0.2) is 23.0 Å². The lowest BCUT2D eigenvalue weighted by Crippen LogP contribution is -2.44. The first kappa shape index (κ1) is 14.4. The molecule has 0 saturated heterocycles. The van der Waals surface area contributed by atoms with E-state index in [-0.39, 0.29) is 6.42 Å². The first-order valence-corrected chi connectivity index (χ1v) is 5.74. The average Bonchev–Trinajstić information content (AvgIpc) is 2.27. The Morgan fingerprint density at radius 3 is 2.22 bits per heavy atom. The molecule has 0 fully saturated rings. The molecule has 0 amide bonds. The van der Waals surface area contributed by atoms with Crippen LogP contribution >= 0.6 is 0 Å². The molecule has 1 unspecified atom stereocenters. The van der Waals surface area contributed by atoms with Crippen LogP contribution in [0.4, 0.5) is 0 Å². The van der Waals surface area contributed by atoms with Crippen LogP contribution in [0.2, 0.25) is 0 Å². The number of carbonyl (C=O) groups is 2. The lowest BCUT2D eigenvalue weighted by Gasteiger charge is -2.35. The predicted molar refractivity (Wildman–Crippen MR) is 67.3 cm³/mol. The van der Waals surface area contributed by atoms with Crippen molar-refractivity contribution in [3.63, 3.8) is 0 Å². The Hall–Kier alpha value is -1.68. The number of hydrogen-bond donors (Lipinski definition) is 1. The van der Waals surface area contributed by atoms with Gasteiger partial charge in [0.15, 0.2) is 5.60 Å². The first-order chi connectivity index (χ1) is 8.32. The molecule has 1 rings (SSSR count). The number of benzene rings is 1. The van der Waals surface area contributed by atoms with Crippen LogP contribution in [0.3, 0.4) is 0 Å². The molecule has 0 aliphatic carbocycles. The van der Waals surface area contributed by atoms with Crippen molar-refractivity contribution < 1.29 is 19.4 Å². The molecular formula is C14H18O4. The second-order valence-electron chi connectivity index (χ2n) is 5.08. The highest BCUT2D eigenvalue weighted by Crippen LogP contribution is 2.33. The van der Waals surface area contributed by atoms with Crippen molar-refractivity contribution in [1.29, 1.82) is 0 Å². The van der Waals surface area contributed by atoms with Crippen molar-refractivity contribution in [2.75, 3.05) is 0 Å². The third-order valence-corrected chi connectivity index (χ3v) is 2.44. The van der Waals surface area contributed by atoms with Gasteiger partial charge in [0.05, 0.1) is 5.60 Å². The van der Waals surface area contributed by atoms with Gasteiger partial charge in [-0.25, -0.2) is 4.79 Å². The molecule has 1 atom stereocenters. The first-order valence-electron chi connectivity index (χ1n) is 5.74. The molecule has 98 valence electrons. The van der Waals surface area contributed by atoms with E-state index in [1.165, 1.54) is 0 Å². The van der Waals surface area contributed by atoms with Crippen molar-refractivity contribution in [1.82, 2.24) is 0 Å². The summed E-state index contributed by atoms with van der Waals surface area (Å²) in [6.07, 6.45) is 0.358. The van der Waals surface area contributed by atoms with Gasteiger partial charge in [0.2, 0.25) is 0 Å². The van der Waals surface area contributed by atoms with E-state index in [1.54, 1.807) is 51.1 Å². The molecule has 0 saturated carbocycles. The van der Waals surface area contributed by atoms with E-state index in [4.69, 9.17) is 4.74 Å². The monoisotopic (exact) mass is 250 g/mol. The maximum atomic E-state index is 11.6. The van der Waals surface area contributed by atoms with Crippen LogP contribution in [-0.2, 0) is 19.9 Å². The summed E-state index contributed by atoms with van der Waals surface area (Å²) in [6.45, 7) is 5.29. The summed E-state index contributed by atoms with van der Waals surface area (Å²) in [5.74, 6) is -1.16. The summed E-state index contributed by atoms with van der Waals surface area (Å²) in [6, 6.07) is 8.55. The van der Waals surface area contributed by atoms with E-state index < -0.39 is 17.2 Å². The number of ether oxygens (including phenoxy) is 1. The summed E-state index contributed by atoms with van der Waals surface area (Å²) in [4.78, 5) is 22.4. The lowest BCUT2D eigenvalue weighted by atomic mass is 9.89. The van der Waals surface area contributed by atoms with Crippen molar-refractivity contribution in [3.05, 3.63) is 35.9 Å². The third kappa shape index (κ3) is 3.17. The fraction of sp³-hybridized carbons (Fsp3) is 0.429. The van der Waals surface area contributed by atoms with Gasteiger partial charge < -0.3 is 14.6 Å². The van der Waals surface area contributed by atoms with Gasteiger partial charge in [-0.2, -0.15) is 0 Å². The topological polar surface area (TPSA) is 63.6 Å². The smallest absolute Gasteiger partial charge is 0.341 e. The maximum absolute atomic E-state index is 11.6. The summed E-state index contributed by atoms with van der Waals surface area (Å²) in [7, 11) is 0. The number of carbonyl (C=O) groups excluding carboxylic acids is 1. The standard InChI is InChI=1S/C14H18O4/c1-13(2,3)18-14(9-10-15,12(16)17)11-7-5-4-6-8-11/h4-8,10H,9H2,1-3H3,(H,16,17). The molecule has 0 aliphatic heterocycles. The molecule has 1 aromatic carbocycles.